The van der Waals surface area contributed by atoms with Crippen molar-refractivity contribution in [3.05, 3.63) is 228 Å². The van der Waals surface area contributed by atoms with Crippen LogP contribution in [0.15, 0.2) is 183 Å². The Morgan fingerprint density at radius 2 is 0.713 bits per heavy atom. The number of carbonyl (C=O) groups excluding carboxylic acids is 8. The van der Waals surface area contributed by atoms with Gasteiger partial charge >= 0.3 is 11.9 Å². The number of aromatic nitrogens is 10. The van der Waals surface area contributed by atoms with E-state index in [1.54, 1.807) is 163 Å². The van der Waals surface area contributed by atoms with Crippen LogP contribution in [0.4, 0.5) is 17.6 Å². The third-order valence-corrected chi connectivity index (χ3v) is 25.4. The van der Waals surface area contributed by atoms with Crippen molar-refractivity contribution < 1.29 is 75.7 Å². The van der Waals surface area contributed by atoms with Gasteiger partial charge in [-0.1, -0.05) is 12.1 Å². The van der Waals surface area contributed by atoms with Crippen LogP contribution in [0.5, 0.6) is 0 Å². The first-order chi connectivity index (χ1) is 61.4. The molecule has 0 bridgehead atoms. The standard InChI is InChI=1S/C26H28FN5O3.C26H27FN4O4.C23H26FN5O2.C20H19FN4O3/c1-26(27)8-12-30(13-9-26)24(34)19-14-17-7-11-31(23(17)29-16-19)20-5-2-4-18(15-20)25(35)32-10-3-6-21(32)22(28)33;1-26(27)8-12-29(13-9-26)23(32)19-14-17-7-11-30(22(17)28-16-19)20-5-2-4-18(15-20)24(33)31-10-3-6-21(31)25(34)35;1-22(2,21(25)31)17-11-18(14-26-13-17)29-7-4-15-10-16(12-27-19(15)29)20(30)28-8-5-23(3,24)6-9-28;1-20(21)5-8-24(9-6-20)18(26)15-10-13-4-7-25(17(13)23-12-15)16-3-2-14(11-22-16)19(27)28/h2,4-5,7,11,14-16,21H,3,6,8-10,12-13H2,1H3,(H2,28,33);2,4-5,7,11,14-16,21H,3,6,8-10,12-13H2,1H3,(H,34,35);4,7,10-14H,5-6,8-9H2,1-3H3,(H2,25,31);2-4,7,10-12H,5-6,8-9H2,1H3,(H,27,28)/t2*21-;;/m00../s1. The molecular formula is C95H100F4N18O12. The molecule has 129 heavy (non-hydrogen) atoms. The molecule has 0 spiro atoms. The molecule has 0 unspecified atom stereocenters. The van der Waals surface area contributed by atoms with E-state index in [1.807, 2.05) is 74.8 Å². The van der Waals surface area contributed by atoms with E-state index in [9.17, 15) is 70.6 Å². The predicted molar refractivity (Wildman–Crippen MR) is 473 cm³/mol. The predicted octanol–water partition coefficient (Wildman–Crippen LogP) is 13.0. The summed E-state index contributed by atoms with van der Waals surface area (Å²) in [6.45, 7) is 13.9. The monoisotopic (exact) mass is 1760 g/mol. The molecule has 0 radical (unpaired) electrons. The molecular weight excluding hydrogens is 1660 g/mol. The summed E-state index contributed by atoms with van der Waals surface area (Å²) in [5.41, 5.74) is 13.6. The number of carbonyl (C=O) groups is 10. The molecule has 18 rings (SSSR count). The fourth-order valence-corrected chi connectivity index (χ4v) is 17.0. The summed E-state index contributed by atoms with van der Waals surface area (Å²) in [5.74, 6) is -3.53. The van der Waals surface area contributed by atoms with Crippen molar-refractivity contribution in [1.29, 1.82) is 0 Å². The summed E-state index contributed by atoms with van der Waals surface area (Å²) in [6, 6.07) is 32.3. The number of pyridine rings is 6. The SMILES string of the molecule is CC1(F)CCN(C(=O)c2cnc3c(ccn3-c3ccc(C(=O)O)cn3)c2)CC1.CC1(F)CCN(C(=O)c2cnc3c(ccn3-c3cccc(C(=O)N4CCC[C@H]4C(=O)O)c3)c2)CC1.CC1(F)CCN(C(=O)c2cnc3c(ccn3-c3cccc(C(=O)N4CCC[C@H]4C(N)=O)c3)c2)CC1.CC1(F)CCN(C(=O)c2cnc3c(ccn3-c3cncc(C(C)(C)C(N)=O)c3)c2)CC1. The van der Waals surface area contributed by atoms with E-state index in [0.29, 0.717) is 209 Å². The van der Waals surface area contributed by atoms with Gasteiger partial charge in [-0.25, -0.2) is 52.1 Å². The van der Waals surface area contributed by atoms with E-state index in [1.165, 1.54) is 34.5 Å². The molecule has 34 heteroatoms. The first kappa shape index (κ1) is 89.7. The molecule has 2 atom stereocenters. The summed E-state index contributed by atoms with van der Waals surface area (Å²) in [4.78, 5) is 160. The van der Waals surface area contributed by atoms with Gasteiger partial charge in [-0.2, -0.15) is 0 Å². The zero-order valence-corrected chi connectivity index (χ0v) is 72.3. The van der Waals surface area contributed by atoms with Crippen molar-refractivity contribution in [1.82, 2.24) is 77.6 Å². The average molecular weight is 1760 g/mol. The minimum Gasteiger partial charge on any atom is -0.480 e. The molecule has 10 aromatic heterocycles. The van der Waals surface area contributed by atoms with E-state index >= 15 is 0 Å². The Kier molecular flexibility index (Phi) is 25.3. The lowest BCUT2D eigenvalue weighted by molar-refractivity contribution is -0.141. The highest BCUT2D eigenvalue weighted by molar-refractivity contribution is 6.02. The van der Waals surface area contributed by atoms with Gasteiger partial charge in [0.2, 0.25) is 11.8 Å². The van der Waals surface area contributed by atoms with E-state index in [0.717, 1.165) is 39.3 Å². The number of benzene rings is 2. The van der Waals surface area contributed by atoms with Gasteiger partial charge in [-0.05, 0) is 227 Å². The second-order valence-corrected chi connectivity index (χ2v) is 35.4. The van der Waals surface area contributed by atoms with Crippen molar-refractivity contribution in [3.8, 4) is 22.9 Å². The van der Waals surface area contributed by atoms with Crippen molar-refractivity contribution in [3.63, 3.8) is 0 Å². The number of piperidine rings is 4. The number of aromatic carboxylic acids is 1. The molecule has 670 valence electrons. The van der Waals surface area contributed by atoms with Gasteiger partial charge < -0.3 is 60.2 Å². The minimum atomic E-state index is -1.23. The first-order valence-corrected chi connectivity index (χ1v) is 43.0. The molecule has 16 heterocycles. The molecule has 0 saturated carbocycles. The second kappa shape index (κ2) is 36.3. The Bertz CT molecular complexity index is 6130. The summed E-state index contributed by atoms with van der Waals surface area (Å²) in [7, 11) is 0. The number of carboxylic acids is 2. The molecule has 8 amide bonds. The highest BCUT2D eigenvalue weighted by atomic mass is 19.2. The van der Waals surface area contributed by atoms with Crippen LogP contribution in [0.1, 0.15) is 197 Å². The summed E-state index contributed by atoms with van der Waals surface area (Å²) in [5, 5.41) is 21.5. The van der Waals surface area contributed by atoms with Gasteiger partial charge in [0, 0.05) is 171 Å². The number of nitrogens with two attached hydrogens (primary N) is 2. The van der Waals surface area contributed by atoms with Gasteiger partial charge in [0.15, 0.2) is 0 Å². The van der Waals surface area contributed by atoms with E-state index in [4.69, 9.17) is 16.6 Å². The summed E-state index contributed by atoms with van der Waals surface area (Å²) < 4.78 is 63.5. The topological polar surface area (TPSA) is 380 Å². The maximum atomic E-state index is 14.1. The number of carboxylic acid groups (broad SMARTS) is 2. The number of alkyl halides is 4. The Morgan fingerprint density at radius 1 is 0.372 bits per heavy atom. The summed E-state index contributed by atoms with van der Waals surface area (Å²) >= 11 is 0. The number of fused-ring (bicyclic) bond motifs is 4. The quantitative estimate of drug-likeness (QED) is 0.0693. The molecule has 0 aliphatic carbocycles. The van der Waals surface area contributed by atoms with Crippen LogP contribution in [0, 0.1) is 0 Å². The second-order valence-electron chi connectivity index (χ2n) is 35.4. The van der Waals surface area contributed by atoms with Crippen molar-refractivity contribution in [2.45, 2.75) is 159 Å². The number of halogens is 4. The van der Waals surface area contributed by atoms with E-state index in [-0.39, 0.29) is 41.0 Å². The number of likely N-dealkylation sites (tertiary alicyclic amines) is 6. The first-order valence-electron chi connectivity index (χ1n) is 43.0. The molecule has 2 aromatic carbocycles. The number of hydrogen-bond donors (Lipinski definition) is 4. The van der Waals surface area contributed by atoms with Gasteiger partial charge in [-0.3, -0.25) is 52.5 Å². The zero-order chi connectivity index (χ0) is 91.8. The van der Waals surface area contributed by atoms with Crippen LogP contribution in [0.2, 0.25) is 0 Å². The van der Waals surface area contributed by atoms with Crippen LogP contribution in [-0.2, 0) is 19.8 Å². The third-order valence-electron chi connectivity index (χ3n) is 25.4. The maximum absolute atomic E-state index is 14.1. The number of nitrogens with zero attached hydrogens (tertiary/aromatic N) is 16. The zero-order valence-electron chi connectivity index (χ0n) is 72.3. The smallest absolute Gasteiger partial charge is 0.337 e. The Labute approximate surface area is 739 Å². The van der Waals surface area contributed by atoms with Crippen LogP contribution < -0.4 is 11.5 Å². The van der Waals surface area contributed by atoms with E-state index in [2.05, 4.69) is 29.9 Å². The summed E-state index contributed by atoms with van der Waals surface area (Å²) in [6.07, 6.45) is 23.1. The van der Waals surface area contributed by atoms with Gasteiger partial charge in [0.25, 0.3) is 35.4 Å². The lowest BCUT2D eigenvalue weighted by atomic mass is 9.85. The van der Waals surface area contributed by atoms with Crippen LogP contribution in [-0.4, -0.2) is 247 Å². The van der Waals surface area contributed by atoms with Gasteiger partial charge in [0.05, 0.1) is 45.1 Å². The molecule has 6 aliphatic rings. The lowest BCUT2D eigenvalue weighted by Crippen LogP contribution is -2.43. The van der Waals surface area contributed by atoms with Gasteiger partial charge in [0.1, 0.15) is 63.2 Å². The van der Waals surface area contributed by atoms with Crippen molar-refractivity contribution >= 4 is 103 Å². The van der Waals surface area contributed by atoms with Crippen LogP contribution in [0.25, 0.3) is 67.0 Å². The fraction of sp³-hybridized carbons (Fsp3) is 0.368. The number of amides is 8. The van der Waals surface area contributed by atoms with E-state index < -0.39 is 63.9 Å². The van der Waals surface area contributed by atoms with Crippen molar-refractivity contribution in [2.75, 3.05) is 65.4 Å². The van der Waals surface area contributed by atoms with Gasteiger partial charge in [-0.15, -0.1) is 0 Å². The molecule has 6 aliphatic heterocycles. The number of aliphatic carboxylic acids is 1. The molecule has 30 nitrogen and oxygen atoms in total. The lowest BCUT2D eigenvalue weighted by Gasteiger charge is -2.34. The third kappa shape index (κ3) is 19.6. The number of rotatable bonds is 15. The molecule has 6 saturated heterocycles. The number of primary amides is 2. The minimum absolute atomic E-state index is 0.104. The normalized spacial score (nSPS) is 18.2. The average Bonchev–Trinajstić information content (AvgIpc) is 1.73. The Hall–Kier alpha value is -14.1. The Balaban J connectivity index is 0.000000133. The highest BCUT2D eigenvalue weighted by Gasteiger charge is 2.40. The van der Waals surface area contributed by atoms with Crippen LogP contribution >= 0.6 is 0 Å². The molecule has 6 fully saturated rings. The van der Waals surface area contributed by atoms with Crippen molar-refractivity contribution in [2.24, 2.45) is 11.5 Å². The molecule has 12 aromatic rings. The van der Waals surface area contributed by atoms with Crippen LogP contribution in [0.3, 0.4) is 0 Å². The number of hydrogen-bond acceptors (Lipinski definition) is 16. The maximum Gasteiger partial charge on any atom is 0.337 e. The largest absolute Gasteiger partial charge is 0.480 e. The highest BCUT2D eigenvalue weighted by Crippen LogP contribution is 2.35. The fourth-order valence-electron chi connectivity index (χ4n) is 17.0. The Morgan fingerprint density at radius 3 is 1.05 bits per heavy atom. The molecule has 6 N–H and O–H groups in total.